The van der Waals surface area contributed by atoms with Crippen LogP contribution in [-0.2, 0) is 9.47 Å². The topological polar surface area (TPSA) is 52.6 Å². The van der Waals surface area contributed by atoms with Gasteiger partial charge in [-0.1, -0.05) is 0 Å². The Balaban J connectivity index is 1.38. The van der Waals surface area contributed by atoms with E-state index in [-0.39, 0.29) is 6.10 Å². The SMILES string of the molecule is CN=C(NCC1CN(C)CCO1)N1CCN(CC2CCOC2)CC1. The lowest BCUT2D eigenvalue weighted by molar-refractivity contribution is -0.0164. The second-order valence-corrected chi connectivity index (χ2v) is 7.20. The zero-order valence-electron chi connectivity index (χ0n) is 15.2. The van der Waals surface area contributed by atoms with Gasteiger partial charge in [0.1, 0.15) is 0 Å². The van der Waals surface area contributed by atoms with Gasteiger partial charge in [-0.05, 0) is 19.4 Å². The molecule has 0 aliphatic carbocycles. The molecule has 2 atom stereocenters. The number of guanidine groups is 1. The number of aliphatic imine (C=N–C) groups is 1. The van der Waals surface area contributed by atoms with E-state index in [0.29, 0.717) is 0 Å². The maximum Gasteiger partial charge on any atom is 0.193 e. The van der Waals surface area contributed by atoms with Crippen molar-refractivity contribution in [1.29, 1.82) is 0 Å². The molecule has 3 fully saturated rings. The van der Waals surface area contributed by atoms with Crippen LogP contribution in [-0.4, -0.2) is 113 Å². The van der Waals surface area contributed by atoms with Gasteiger partial charge in [0.2, 0.25) is 0 Å². The van der Waals surface area contributed by atoms with Crippen molar-refractivity contribution in [2.24, 2.45) is 10.9 Å². The minimum absolute atomic E-state index is 0.254. The molecule has 3 rings (SSSR count). The van der Waals surface area contributed by atoms with Crippen LogP contribution in [0.25, 0.3) is 0 Å². The Morgan fingerprint density at radius 1 is 1.17 bits per heavy atom. The minimum atomic E-state index is 0.254. The molecule has 2 unspecified atom stereocenters. The highest BCUT2D eigenvalue weighted by atomic mass is 16.5. The molecule has 7 heteroatoms. The van der Waals surface area contributed by atoms with E-state index in [9.17, 15) is 0 Å². The fourth-order valence-electron chi connectivity index (χ4n) is 3.76. The first-order chi connectivity index (χ1) is 11.7. The van der Waals surface area contributed by atoms with Gasteiger partial charge < -0.3 is 24.6 Å². The van der Waals surface area contributed by atoms with Crippen molar-refractivity contribution < 1.29 is 9.47 Å². The first-order valence-corrected chi connectivity index (χ1v) is 9.30. The molecule has 0 bridgehead atoms. The van der Waals surface area contributed by atoms with Gasteiger partial charge >= 0.3 is 0 Å². The van der Waals surface area contributed by atoms with E-state index in [1.54, 1.807) is 0 Å². The smallest absolute Gasteiger partial charge is 0.193 e. The molecule has 3 aliphatic heterocycles. The van der Waals surface area contributed by atoms with Gasteiger partial charge in [-0.2, -0.15) is 0 Å². The fourth-order valence-corrected chi connectivity index (χ4v) is 3.76. The molecule has 1 N–H and O–H groups in total. The van der Waals surface area contributed by atoms with Gasteiger partial charge in [0.25, 0.3) is 0 Å². The predicted octanol–water partition coefficient (Wildman–Crippen LogP) is -0.453. The van der Waals surface area contributed by atoms with Crippen molar-refractivity contribution in [2.45, 2.75) is 12.5 Å². The molecule has 0 radical (unpaired) electrons. The number of ether oxygens (including phenoxy) is 2. The Morgan fingerprint density at radius 3 is 2.67 bits per heavy atom. The van der Waals surface area contributed by atoms with Crippen LogP contribution in [0.1, 0.15) is 6.42 Å². The summed E-state index contributed by atoms with van der Waals surface area (Å²) in [7, 11) is 4.03. The molecule has 7 nitrogen and oxygen atoms in total. The number of nitrogens with one attached hydrogen (secondary N) is 1. The third kappa shape index (κ3) is 5.05. The van der Waals surface area contributed by atoms with Gasteiger partial charge in [-0.15, -0.1) is 0 Å². The molecular weight excluding hydrogens is 306 g/mol. The largest absolute Gasteiger partial charge is 0.381 e. The number of hydrogen-bond donors (Lipinski definition) is 1. The summed E-state index contributed by atoms with van der Waals surface area (Å²) in [5.41, 5.74) is 0. The maximum atomic E-state index is 5.82. The van der Waals surface area contributed by atoms with Gasteiger partial charge in [-0.3, -0.25) is 9.89 Å². The average Bonchev–Trinajstić information content (AvgIpc) is 3.10. The monoisotopic (exact) mass is 339 g/mol. The van der Waals surface area contributed by atoms with Crippen LogP contribution in [0.2, 0.25) is 0 Å². The van der Waals surface area contributed by atoms with Crippen LogP contribution >= 0.6 is 0 Å². The van der Waals surface area contributed by atoms with E-state index >= 15 is 0 Å². The van der Waals surface area contributed by atoms with Crippen LogP contribution < -0.4 is 5.32 Å². The summed E-state index contributed by atoms with van der Waals surface area (Å²) in [4.78, 5) is 11.7. The molecule has 0 saturated carbocycles. The highest BCUT2D eigenvalue weighted by Gasteiger charge is 2.25. The van der Waals surface area contributed by atoms with Crippen LogP contribution in [0.5, 0.6) is 0 Å². The van der Waals surface area contributed by atoms with Crippen LogP contribution in [0.4, 0.5) is 0 Å². The second kappa shape index (κ2) is 8.99. The van der Waals surface area contributed by atoms with Crippen molar-refractivity contribution in [2.75, 3.05) is 86.3 Å². The van der Waals surface area contributed by atoms with E-state index in [1.165, 1.54) is 13.0 Å². The van der Waals surface area contributed by atoms with Crippen LogP contribution in [0.3, 0.4) is 0 Å². The third-order valence-corrected chi connectivity index (χ3v) is 5.25. The summed E-state index contributed by atoms with van der Waals surface area (Å²) in [5.74, 6) is 1.74. The highest BCUT2D eigenvalue weighted by molar-refractivity contribution is 5.80. The lowest BCUT2D eigenvalue weighted by atomic mass is 10.1. The van der Waals surface area contributed by atoms with Gasteiger partial charge in [-0.25, -0.2) is 0 Å². The molecule has 3 aliphatic rings. The van der Waals surface area contributed by atoms with E-state index < -0.39 is 0 Å². The molecule has 0 amide bonds. The van der Waals surface area contributed by atoms with Crippen molar-refractivity contribution in [3.05, 3.63) is 0 Å². The van der Waals surface area contributed by atoms with Crippen molar-refractivity contribution in [3.63, 3.8) is 0 Å². The molecule has 24 heavy (non-hydrogen) atoms. The van der Waals surface area contributed by atoms with E-state index in [4.69, 9.17) is 9.47 Å². The summed E-state index contributed by atoms with van der Waals surface area (Å²) < 4.78 is 11.3. The second-order valence-electron chi connectivity index (χ2n) is 7.20. The van der Waals surface area contributed by atoms with Gasteiger partial charge in [0.05, 0.1) is 19.3 Å². The number of rotatable bonds is 4. The lowest BCUT2D eigenvalue weighted by Gasteiger charge is -2.38. The normalized spacial score (nSPS) is 30.8. The first-order valence-electron chi connectivity index (χ1n) is 9.30. The van der Waals surface area contributed by atoms with Gasteiger partial charge in [0, 0.05) is 66.0 Å². The number of morpholine rings is 1. The Hall–Kier alpha value is -0.890. The van der Waals surface area contributed by atoms with Crippen molar-refractivity contribution in [1.82, 2.24) is 20.0 Å². The lowest BCUT2D eigenvalue weighted by Crippen LogP contribution is -2.55. The molecular formula is C17H33N5O2. The third-order valence-electron chi connectivity index (χ3n) is 5.25. The van der Waals surface area contributed by atoms with Crippen LogP contribution in [0, 0.1) is 5.92 Å². The summed E-state index contributed by atoms with van der Waals surface area (Å²) in [5, 5.41) is 3.50. The summed E-state index contributed by atoms with van der Waals surface area (Å²) >= 11 is 0. The molecule has 3 saturated heterocycles. The quantitative estimate of drug-likeness (QED) is 0.553. The minimum Gasteiger partial charge on any atom is -0.381 e. The number of nitrogens with zero attached hydrogens (tertiary/aromatic N) is 4. The average molecular weight is 339 g/mol. The Kier molecular flexibility index (Phi) is 6.71. The summed E-state index contributed by atoms with van der Waals surface area (Å²) in [6.07, 6.45) is 1.48. The Bertz CT molecular complexity index is 406. The van der Waals surface area contributed by atoms with Crippen LogP contribution in [0.15, 0.2) is 4.99 Å². The first kappa shape index (κ1) is 17.9. The van der Waals surface area contributed by atoms with E-state index in [0.717, 1.165) is 77.5 Å². The molecule has 0 aromatic carbocycles. The molecule has 0 aromatic heterocycles. The Labute approximate surface area is 146 Å². The van der Waals surface area contributed by atoms with Gasteiger partial charge in [0.15, 0.2) is 5.96 Å². The standard InChI is InChI=1S/C17H33N5O2/c1-18-17(19-11-16-13-20(2)8-10-24-16)22-6-4-21(5-7-22)12-15-3-9-23-14-15/h15-16H,3-14H2,1-2H3,(H,18,19). The van der Waals surface area contributed by atoms with Crippen molar-refractivity contribution in [3.8, 4) is 0 Å². The van der Waals surface area contributed by atoms with E-state index in [1.807, 2.05) is 7.05 Å². The van der Waals surface area contributed by atoms with E-state index in [2.05, 4.69) is 32.1 Å². The predicted molar refractivity (Wildman–Crippen MR) is 95.5 cm³/mol. The molecule has 138 valence electrons. The number of hydrogen-bond acceptors (Lipinski definition) is 5. The summed E-state index contributed by atoms with van der Waals surface area (Å²) in [6.45, 7) is 11.0. The number of piperazine rings is 1. The fraction of sp³-hybridized carbons (Fsp3) is 0.941. The molecule has 0 aromatic rings. The summed E-state index contributed by atoms with van der Waals surface area (Å²) in [6, 6.07) is 0. The Morgan fingerprint density at radius 2 is 2.00 bits per heavy atom. The molecule has 0 spiro atoms. The zero-order valence-corrected chi connectivity index (χ0v) is 15.2. The van der Waals surface area contributed by atoms with Crippen molar-refractivity contribution >= 4 is 5.96 Å². The molecule has 3 heterocycles. The highest BCUT2D eigenvalue weighted by Crippen LogP contribution is 2.15. The number of likely N-dealkylation sites (N-methyl/N-ethyl adjacent to an activating group) is 1. The maximum absolute atomic E-state index is 5.82. The zero-order chi connectivity index (χ0) is 16.8.